The molecule has 116 valence electrons. The van der Waals surface area contributed by atoms with E-state index in [1.807, 2.05) is 0 Å². The van der Waals surface area contributed by atoms with Gasteiger partial charge in [0.05, 0.1) is 0 Å². The molecule has 1 saturated heterocycles. The van der Waals surface area contributed by atoms with E-state index >= 15 is 0 Å². The van der Waals surface area contributed by atoms with Crippen LogP contribution in [0.3, 0.4) is 0 Å². The van der Waals surface area contributed by atoms with E-state index in [1.54, 1.807) is 11.1 Å². The second-order valence-corrected chi connectivity index (χ2v) is 6.96. The number of nitrogens with one attached hydrogen (secondary N) is 1. The van der Waals surface area contributed by atoms with E-state index in [0.29, 0.717) is 5.41 Å². The predicted molar refractivity (Wildman–Crippen MR) is 90.8 cm³/mol. The van der Waals surface area contributed by atoms with Crippen LogP contribution in [0.1, 0.15) is 57.1 Å². The van der Waals surface area contributed by atoms with E-state index in [1.165, 1.54) is 57.3 Å². The number of likely N-dealkylation sites (tertiary alicyclic amines) is 1. The molecule has 21 heavy (non-hydrogen) atoms. The molecule has 1 aromatic rings. The molecule has 0 aromatic heterocycles. The highest BCUT2D eigenvalue weighted by Crippen LogP contribution is 2.38. The number of rotatable bonds is 4. The molecule has 2 heterocycles. The molecule has 1 aromatic carbocycles. The molecule has 3 rings (SSSR count). The fourth-order valence-corrected chi connectivity index (χ4v) is 4.12. The molecule has 0 saturated carbocycles. The van der Waals surface area contributed by atoms with Gasteiger partial charge in [-0.1, -0.05) is 38.8 Å². The maximum Gasteiger partial charge on any atom is 0.0375 e. The minimum absolute atomic E-state index is 0.633. The summed E-state index contributed by atoms with van der Waals surface area (Å²) in [5, 5.41) is 3.55. The monoisotopic (exact) mass is 286 g/mol. The van der Waals surface area contributed by atoms with Crippen molar-refractivity contribution in [3.8, 4) is 0 Å². The first kappa shape index (κ1) is 14.9. The van der Waals surface area contributed by atoms with Crippen LogP contribution in [0.5, 0.6) is 0 Å². The molecule has 0 unspecified atom stereocenters. The molecule has 1 N–H and O–H groups in total. The molecule has 0 radical (unpaired) electrons. The Kier molecular flexibility index (Phi) is 4.54. The molecular formula is C19H30N2. The Hall–Kier alpha value is -1.02. The van der Waals surface area contributed by atoms with Crippen LogP contribution in [0.4, 0.5) is 5.69 Å². The van der Waals surface area contributed by atoms with Crippen LogP contribution in [0, 0.1) is 5.41 Å². The number of nitrogens with zero attached hydrogens (tertiary/aromatic N) is 1. The first-order valence-corrected chi connectivity index (χ1v) is 8.83. The molecule has 0 spiro atoms. The zero-order chi connectivity index (χ0) is 14.7. The van der Waals surface area contributed by atoms with Crippen LogP contribution < -0.4 is 5.32 Å². The molecular weight excluding hydrogens is 256 g/mol. The van der Waals surface area contributed by atoms with Gasteiger partial charge in [0.25, 0.3) is 0 Å². The second kappa shape index (κ2) is 6.39. The zero-order valence-corrected chi connectivity index (χ0v) is 13.8. The quantitative estimate of drug-likeness (QED) is 0.880. The number of anilines is 1. The van der Waals surface area contributed by atoms with Crippen molar-refractivity contribution >= 4 is 5.69 Å². The lowest BCUT2D eigenvalue weighted by molar-refractivity contribution is 0.0907. The van der Waals surface area contributed by atoms with E-state index in [-0.39, 0.29) is 0 Å². The molecule has 0 bridgehead atoms. The van der Waals surface area contributed by atoms with Gasteiger partial charge in [0, 0.05) is 18.8 Å². The number of piperidine rings is 1. The predicted octanol–water partition coefficient (Wildman–Crippen LogP) is 4.45. The van der Waals surface area contributed by atoms with Crippen LogP contribution in [0.15, 0.2) is 18.2 Å². The van der Waals surface area contributed by atoms with Gasteiger partial charge in [-0.05, 0) is 61.4 Å². The number of hydrogen-bond acceptors (Lipinski definition) is 2. The van der Waals surface area contributed by atoms with E-state index in [2.05, 4.69) is 42.3 Å². The molecule has 0 aliphatic carbocycles. The Morgan fingerprint density at radius 1 is 1.14 bits per heavy atom. The molecule has 1 fully saturated rings. The summed E-state index contributed by atoms with van der Waals surface area (Å²) in [4.78, 5) is 2.67. The largest absolute Gasteiger partial charge is 0.385 e. The van der Waals surface area contributed by atoms with Crippen molar-refractivity contribution in [1.82, 2.24) is 4.90 Å². The van der Waals surface area contributed by atoms with Gasteiger partial charge in [-0.2, -0.15) is 0 Å². The van der Waals surface area contributed by atoms with Gasteiger partial charge >= 0.3 is 0 Å². The third kappa shape index (κ3) is 3.11. The van der Waals surface area contributed by atoms with Gasteiger partial charge in [-0.25, -0.2) is 0 Å². The van der Waals surface area contributed by atoms with Crippen LogP contribution >= 0.6 is 0 Å². The Morgan fingerprint density at radius 3 is 2.62 bits per heavy atom. The van der Waals surface area contributed by atoms with Crippen molar-refractivity contribution in [2.75, 3.05) is 25.0 Å². The van der Waals surface area contributed by atoms with E-state index in [9.17, 15) is 0 Å². The maximum absolute atomic E-state index is 3.55. The van der Waals surface area contributed by atoms with Crippen LogP contribution in [0.25, 0.3) is 0 Å². The summed E-state index contributed by atoms with van der Waals surface area (Å²) in [5.74, 6) is 0. The lowest BCUT2D eigenvalue weighted by Gasteiger charge is -2.41. The summed E-state index contributed by atoms with van der Waals surface area (Å²) < 4.78 is 0. The Labute approximate surface area is 129 Å². The minimum atomic E-state index is 0.633. The second-order valence-electron chi connectivity index (χ2n) is 6.96. The van der Waals surface area contributed by atoms with Gasteiger partial charge in [-0.15, -0.1) is 0 Å². The Bertz CT molecular complexity index is 466. The molecule has 2 aliphatic rings. The number of hydrogen-bond donors (Lipinski definition) is 1. The fourth-order valence-electron chi connectivity index (χ4n) is 4.12. The summed E-state index contributed by atoms with van der Waals surface area (Å²) in [6.07, 6.45) is 7.99. The van der Waals surface area contributed by atoms with Gasteiger partial charge in [-0.3, -0.25) is 4.90 Å². The minimum Gasteiger partial charge on any atom is -0.385 e. The van der Waals surface area contributed by atoms with Gasteiger partial charge < -0.3 is 5.32 Å². The molecule has 2 aliphatic heterocycles. The average molecular weight is 286 g/mol. The molecule has 0 atom stereocenters. The van der Waals surface area contributed by atoms with E-state index < -0.39 is 0 Å². The first-order valence-electron chi connectivity index (χ1n) is 8.83. The summed E-state index contributed by atoms with van der Waals surface area (Å²) in [5.41, 5.74) is 5.15. The van der Waals surface area contributed by atoms with E-state index in [0.717, 1.165) is 13.1 Å². The van der Waals surface area contributed by atoms with Gasteiger partial charge in [0.15, 0.2) is 0 Å². The van der Waals surface area contributed by atoms with Crippen LogP contribution in [-0.2, 0) is 13.0 Å². The highest BCUT2D eigenvalue weighted by molar-refractivity contribution is 5.56. The Balaban J connectivity index is 1.66. The Morgan fingerprint density at radius 2 is 1.90 bits per heavy atom. The first-order chi connectivity index (χ1) is 10.3. The number of benzene rings is 1. The third-order valence-corrected chi connectivity index (χ3v) is 6.00. The third-order valence-electron chi connectivity index (χ3n) is 6.00. The fraction of sp³-hybridized carbons (Fsp3) is 0.684. The molecule has 2 nitrogen and oxygen atoms in total. The average Bonchev–Trinajstić information content (AvgIpc) is 2.56. The van der Waals surface area contributed by atoms with Gasteiger partial charge in [0.2, 0.25) is 0 Å². The molecule has 0 amide bonds. The van der Waals surface area contributed by atoms with Crippen molar-refractivity contribution in [2.45, 2.75) is 58.9 Å². The highest BCUT2D eigenvalue weighted by atomic mass is 15.1. The SMILES string of the molecule is CCC1(CC)CCN(Cc2cccc3c2CCCN3)CC1. The normalized spacial score (nSPS) is 21.6. The standard InChI is InChI=1S/C19H30N2/c1-3-19(4-2)10-13-21(14-11-19)15-16-7-5-9-18-17(16)8-6-12-20-18/h5,7,9,20H,3-4,6,8,10-15H2,1-2H3. The number of fused-ring (bicyclic) bond motifs is 1. The van der Waals surface area contributed by atoms with Crippen molar-refractivity contribution in [3.05, 3.63) is 29.3 Å². The summed E-state index contributed by atoms with van der Waals surface area (Å²) in [7, 11) is 0. The lowest BCUT2D eigenvalue weighted by atomic mass is 9.74. The van der Waals surface area contributed by atoms with E-state index in [4.69, 9.17) is 0 Å². The van der Waals surface area contributed by atoms with Crippen molar-refractivity contribution in [1.29, 1.82) is 0 Å². The lowest BCUT2D eigenvalue weighted by Crippen LogP contribution is -2.39. The summed E-state index contributed by atoms with van der Waals surface area (Å²) >= 11 is 0. The topological polar surface area (TPSA) is 15.3 Å². The van der Waals surface area contributed by atoms with Crippen LogP contribution in [0.2, 0.25) is 0 Å². The highest BCUT2D eigenvalue weighted by Gasteiger charge is 2.31. The van der Waals surface area contributed by atoms with Crippen molar-refractivity contribution in [3.63, 3.8) is 0 Å². The summed E-state index contributed by atoms with van der Waals surface area (Å²) in [6.45, 7) is 9.58. The molecule has 2 heteroatoms. The van der Waals surface area contributed by atoms with Crippen molar-refractivity contribution in [2.24, 2.45) is 5.41 Å². The maximum atomic E-state index is 3.55. The smallest absolute Gasteiger partial charge is 0.0375 e. The summed E-state index contributed by atoms with van der Waals surface area (Å²) in [6, 6.07) is 6.81. The van der Waals surface area contributed by atoms with Crippen molar-refractivity contribution < 1.29 is 0 Å². The van der Waals surface area contributed by atoms with Gasteiger partial charge in [0.1, 0.15) is 0 Å². The zero-order valence-electron chi connectivity index (χ0n) is 13.8. The van der Waals surface area contributed by atoms with Crippen LogP contribution in [-0.4, -0.2) is 24.5 Å².